The molecule has 0 amide bonds. The Labute approximate surface area is 487 Å². The van der Waals surface area contributed by atoms with Crippen LogP contribution in [-0.4, -0.2) is 0 Å². The summed E-state index contributed by atoms with van der Waals surface area (Å²) in [6.07, 6.45) is 8.59. The fraction of sp³-hybridized carbons (Fsp3) is 0.152. The lowest BCUT2D eigenvalue weighted by Crippen LogP contribution is -2.72. The quantitative estimate of drug-likeness (QED) is 0.134. The molecule has 2 unspecified atom stereocenters. The third-order valence-electron chi connectivity index (χ3n) is 19.7. The number of pyridine rings is 3. The van der Waals surface area contributed by atoms with Crippen LogP contribution in [0.3, 0.4) is 0 Å². The van der Waals surface area contributed by atoms with Crippen LogP contribution < -0.4 is 13.7 Å². The van der Waals surface area contributed by atoms with Crippen molar-refractivity contribution in [3.8, 4) is 78.3 Å². The van der Waals surface area contributed by atoms with E-state index in [2.05, 4.69) is 285 Å². The molecule has 1 aliphatic carbocycles. The second-order valence-electron chi connectivity index (χ2n) is 24.0. The summed E-state index contributed by atoms with van der Waals surface area (Å²) < 4.78 is 23.7. The van der Waals surface area contributed by atoms with Crippen molar-refractivity contribution < 1.29 is 18.1 Å². The maximum Gasteiger partial charge on any atom is 0.220 e. The highest BCUT2D eigenvalue weighted by Crippen LogP contribution is 2.57. The Morgan fingerprint density at radius 3 is 1.84 bits per heavy atom. The van der Waals surface area contributed by atoms with E-state index in [1.54, 1.807) is 6.07 Å². The van der Waals surface area contributed by atoms with Gasteiger partial charge in [-0.3, -0.25) is 0 Å². The van der Waals surface area contributed by atoms with Gasteiger partial charge in [0, 0.05) is 49.2 Å². The van der Waals surface area contributed by atoms with Gasteiger partial charge in [-0.2, -0.15) is 9.13 Å². The molecule has 0 radical (unpaired) electrons. The minimum Gasteiger partial charge on any atom is -0.206 e. The van der Waals surface area contributed by atoms with Crippen molar-refractivity contribution in [2.24, 2.45) is 7.05 Å². The monoisotopic (exact) mass is 1070 g/mol. The summed E-state index contributed by atoms with van der Waals surface area (Å²) in [5.74, 6) is -0.227. The van der Waals surface area contributed by atoms with Crippen LogP contribution >= 0.6 is 0 Å². The van der Waals surface area contributed by atoms with Gasteiger partial charge in [-0.15, -0.1) is 0 Å². The average molecular weight is 1080 g/mol. The predicted octanol–water partition coefficient (Wildman–Crippen LogP) is 17.3. The zero-order valence-electron chi connectivity index (χ0n) is 48.0. The van der Waals surface area contributed by atoms with Crippen LogP contribution in [0, 0.1) is 26.6 Å². The number of hydrogen-bond acceptors (Lipinski definition) is 0. The minimum absolute atomic E-state index is 0.227. The molecule has 3 aliphatic rings. The van der Waals surface area contributed by atoms with Crippen molar-refractivity contribution in [3.63, 3.8) is 0 Å². The minimum atomic E-state index is -0.624. The summed E-state index contributed by atoms with van der Waals surface area (Å²) in [6, 6.07) is 85.0. The highest BCUT2D eigenvalue weighted by molar-refractivity contribution is 5.95. The van der Waals surface area contributed by atoms with Crippen LogP contribution in [0.1, 0.15) is 70.3 Å². The van der Waals surface area contributed by atoms with Crippen LogP contribution in [-0.2, 0) is 36.4 Å². The molecule has 0 saturated heterocycles. The highest BCUT2D eigenvalue weighted by Gasteiger charge is 2.63. The Kier molecular flexibility index (Phi) is 11.6. The van der Waals surface area contributed by atoms with E-state index in [-0.39, 0.29) is 16.8 Å². The van der Waals surface area contributed by atoms with Gasteiger partial charge in [0.2, 0.25) is 17.1 Å². The molecule has 2 atom stereocenters. The molecule has 0 fully saturated rings. The third kappa shape index (κ3) is 7.51. The Balaban J connectivity index is 0.813. The molecule has 83 heavy (non-hydrogen) atoms. The van der Waals surface area contributed by atoms with Gasteiger partial charge in [-0.05, 0) is 158 Å². The first kappa shape index (κ1) is 50.6. The maximum atomic E-state index is 16.4. The first-order chi connectivity index (χ1) is 40.5. The van der Waals surface area contributed by atoms with E-state index in [0.29, 0.717) is 5.56 Å². The van der Waals surface area contributed by atoms with E-state index < -0.39 is 5.41 Å². The van der Waals surface area contributed by atoms with Gasteiger partial charge >= 0.3 is 0 Å². The van der Waals surface area contributed by atoms with Crippen molar-refractivity contribution in [1.29, 1.82) is 0 Å². The SMILES string of the molecule is CCC1(C2(C)Cc3ccc(-c4ccc(C5(c6ccc(-c7cc(-c8c9ccccc9cc[n+]8C)c(C)cc7F)cc6)c6ccccc6-c6ccccc65)cc4)cc3-c3cccc[n+]32)C[n+]2ccccc2-c2cc(-c3cc(C)ccc3C)ccc21. The number of rotatable bonds is 8. The summed E-state index contributed by atoms with van der Waals surface area (Å²) >= 11 is 0. The van der Waals surface area contributed by atoms with Crippen LogP contribution in [0.25, 0.3) is 89.1 Å². The standard InChI is InChI=1S/C79H65FN3/c1-7-78(50-82-41-16-14-24-74(82)69-47-58(34-39-70(69)78)65-44-51(2)26-27-52(65)3)77(5)49-59-29-28-57(46-68(59)75-25-15-17-42-83(75)77)54-30-35-60(36-31-54)79(71-22-12-10-20-63(71)64-21-11-13-23-72(64)79)61-37-32-56(33-38-61)67-48-66(53(4)45-73(67)80)76-62-19-9-8-18-55(62)40-43-81(76)6/h8-48H,7,49-50H2,1-6H3/q+3. The Hall–Kier alpha value is -9.38. The molecule has 3 aromatic heterocycles. The first-order valence-electron chi connectivity index (χ1n) is 29.4. The van der Waals surface area contributed by atoms with Crippen LogP contribution in [0.5, 0.6) is 0 Å². The number of aryl methyl sites for hydroxylation is 4. The summed E-state index contributed by atoms with van der Waals surface area (Å²) in [6.45, 7) is 12.2. The molecule has 4 heteroatoms. The van der Waals surface area contributed by atoms with Crippen molar-refractivity contribution in [2.45, 2.75) is 70.4 Å². The predicted molar refractivity (Wildman–Crippen MR) is 335 cm³/mol. The number of benzene rings is 9. The largest absolute Gasteiger partial charge is 0.220 e. The van der Waals surface area contributed by atoms with E-state index in [0.717, 1.165) is 58.1 Å². The van der Waals surface area contributed by atoms with E-state index in [1.807, 2.05) is 13.0 Å². The highest BCUT2D eigenvalue weighted by atomic mass is 19.1. The summed E-state index contributed by atoms with van der Waals surface area (Å²) in [5.41, 5.74) is 25.9. The zero-order chi connectivity index (χ0) is 56.4. The number of aromatic nitrogens is 3. The maximum absolute atomic E-state index is 16.4. The lowest BCUT2D eigenvalue weighted by atomic mass is 9.58. The van der Waals surface area contributed by atoms with E-state index in [1.165, 1.54) is 94.8 Å². The fourth-order valence-electron chi connectivity index (χ4n) is 15.5. The second-order valence-corrected chi connectivity index (χ2v) is 24.0. The molecule has 3 nitrogen and oxygen atoms in total. The molecular weight excluding hydrogens is 1010 g/mol. The molecule has 400 valence electrons. The Bertz CT molecular complexity index is 4580. The molecule has 0 N–H and O–H groups in total. The van der Waals surface area contributed by atoms with Crippen LogP contribution in [0.15, 0.2) is 249 Å². The molecule has 0 spiro atoms. The van der Waals surface area contributed by atoms with Gasteiger partial charge < -0.3 is 0 Å². The van der Waals surface area contributed by atoms with Gasteiger partial charge in [0.25, 0.3) is 0 Å². The lowest BCUT2D eigenvalue weighted by molar-refractivity contribution is -0.784. The number of fused-ring (bicyclic) bond motifs is 10. The van der Waals surface area contributed by atoms with Crippen molar-refractivity contribution in [3.05, 3.63) is 305 Å². The second kappa shape index (κ2) is 19.1. The number of halogens is 1. The molecule has 9 aromatic carbocycles. The van der Waals surface area contributed by atoms with Crippen LogP contribution in [0.2, 0.25) is 0 Å². The van der Waals surface area contributed by atoms with Gasteiger partial charge in [0.15, 0.2) is 30.7 Å². The topological polar surface area (TPSA) is 11.6 Å². The molecular formula is C79H65FN3+3. The first-order valence-corrected chi connectivity index (χ1v) is 29.4. The average Bonchev–Trinajstić information content (AvgIpc) is 3.90. The lowest BCUT2D eigenvalue weighted by Gasteiger charge is -2.47. The van der Waals surface area contributed by atoms with E-state index >= 15 is 4.39 Å². The van der Waals surface area contributed by atoms with Crippen molar-refractivity contribution >= 4 is 10.8 Å². The van der Waals surface area contributed by atoms with Gasteiger partial charge in [-0.1, -0.05) is 170 Å². The third-order valence-corrected chi connectivity index (χ3v) is 19.7. The smallest absolute Gasteiger partial charge is 0.206 e. The molecule has 15 rings (SSSR count). The molecule has 2 aliphatic heterocycles. The van der Waals surface area contributed by atoms with Crippen molar-refractivity contribution in [2.75, 3.05) is 0 Å². The Morgan fingerprint density at radius 1 is 0.458 bits per heavy atom. The normalized spacial score (nSPS) is 17.0. The number of hydrogen-bond donors (Lipinski definition) is 0. The van der Waals surface area contributed by atoms with Gasteiger partial charge in [0.05, 0.1) is 27.5 Å². The molecule has 0 bridgehead atoms. The molecule has 5 heterocycles. The van der Waals surface area contributed by atoms with Gasteiger partial charge in [0.1, 0.15) is 18.3 Å². The Morgan fingerprint density at radius 2 is 1.10 bits per heavy atom. The van der Waals surface area contributed by atoms with Gasteiger partial charge in [-0.25, -0.2) is 8.96 Å². The number of nitrogens with zero attached hydrogens (tertiary/aromatic N) is 3. The molecule has 12 aromatic rings. The summed E-state index contributed by atoms with van der Waals surface area (Å²) in [7, 11) is 2.07. The summed E-state index contributed by atoms with van der Waals surface area (Å²) in [4.78, 5) is 0. The molecule has 0 saturated carbocycles. The van der Waals surface area contributed by atoms with Crippen molar-refractivity contribution in [1.82, 2.24) is 0 Å². The fourth-order valence-corrected chi connectivity index (χ4v) is 15.5. The van der Waals surface area contributed by atoms with E-state index in [9.17, 15) is 0 Å². The zero-order valence-corrected chi connectivity index (χ0v) is 48.0. The summed E-state index contributed by atoms with van der Waals surface area (Å²) in [5, 5.41) is 2.29. The van der Waals surface area contributed by atoms with Crippen LogP contribution in [0.4, 0.5) is 4.39 Å². The van der Waals surface area contributed by atoms with E-state index in [4.69, 9.17) is 0 Å².